The number of nitrogens with zero attached hydrogens (tertiary/aromatic N) is 4. The predicted molar refractivity (Wildman–Crippen MR) is 79.6 cm³/mol. The Hall–Kier alpha value is -1.75. The number of halogens is 1. The van der Waals surface area contributed by atoms with Crippen molar-refractivity contribution in [3.63, 3.8) is 0 Å². The van der Waals surface area contributed by atoms with Gasteiger partial charge in [-0.2, -0.15) is 10.5 Å². The van der Waals surface area contributed by atoms with Crippen LogP contribution in [0.1, 0.15) is 19.4 Å². The standard InChI is InChI=1S/C15H17ClN4/c1-15(2,11-18)20-8-6-19(7-9-20)14-5-3-4-13(16)12(14)10-17/h3-5H,6-9H2,1-2H3. The van der Waals surface area contributed by atoms with Crippen molar-refractivity contribution in [1.82, 2.24) is 4.90 Å². The summed E-state index contributed by atoms with van der Waals surface area (Å²) >= 11 is 6.07. The van der Waals surface area contributed by atoms with Crippen LogP contribution in [0.3, 0.4) is 0 Å². The minimum absolute atomic E-state index is 0.446. The fourth-order valence-electron chi connectivity index (χ4n) is 2.46. The molecule has 0 spiro atoms. The summed E-state index contributed by atoms with van der Waals surface area (Å²) in [5, 5.41) is 18.9. The molecular weight excluding hydrogens is 272 g/mol. The average molecular weight is 289 g/mol. The number of piperazine rings is 1. The van der Waals surface area contributed by atoms with E-state index in [9.17, 15) is 10.5 Å². The van der Waals surface area contributed by atoms with E-state index in [1.807, 2.05) is 26.0 Å². The molecule has 0 aliphatic carbocycles. The van der Waals surface area contributed by atoms with Crippen LogP contribution < -0.4 is 4.90 Å². The summed E-state index contributed by atoms with van der Waals surface area (Å²) in [6, 6.07) is 10.0. The fraction of sp³-hybridized carbons (Fsp3) is 0.467. The van der Waals surface area contributed by atoms with Crippen molar-refractivity contribution in [3.8, 4) is 12.1 Å². The zero-order valence-electron chi connectivity index (χ0n) is 11.7. The van der Waals surface area contributed by atoms with Gasteiger partial charge in [-0.3, -0.25) is 4.90 Å². The number of rotatable bonds is 2. The van der Waals surface area contributed by atoms with Gasteiger partial charge in [0, 0.05) is 26.2 Å². The van der Waals surface area contributed by atoms with Gasteiger partial charge in [-0.25, -0.2) is 0 Å². The molecule has 4 nitrogen and oxygen atoms in total. The molecule has 0 radical (unpaired) electrons. The number of anilines is 1. The maximum atomic E-state index is 9.23. The van der Waals surface area contributed by atoms with E-state index in [1.54, 1.807) is 6.07 Å². The van der Waals surface area contributed by atoms with Gasteiger partial charge in [-0.1, -0.05) is 17.7 Å². The van der Waals surface area contributed by atoms with Gasteiger partial charge >= 0.3 is 0 Å². The van der Waals surface area contributed by atoms with Crippen molar-refractivity contribution < 1.29 is 0 Å². The summed E-state index contributed by atoms with van der Waals surface area (Å²) in [6.07, 6.45) is 0. The predicted octanol–water partition coefficient (Wildman–Crippen LogP) is 2.64. The second-order valence-corrected chi connectivity index (χ2v) is 5.80. The molecule has 2 rings (SSSR count). The zero-order valence-corrected chi connectivity index (χ0v) is 12.5. The Labute approximate surface area is 124 Å². The Balaban J connectivity index is 2.15. The third kappa shape index (κ3) is 2.72. The smallest absolute Gasteiger partial charge is 0.103 e. The van der Waals surface area contributed by atoms with Crippen molar-refractivity contribution in [3.05, 3.63) is 28.8 Å². The van der Waals surface area contributed by atoms with Crippen LogP contribution in [0.5, 0.6) is 0 Å². The van der Waals surface area contributed by atoms with Crippen LogP contribution in [0, 0.1) is 22.7 Å². The maximum Gasteiger partial charge on any atom is 0.103 e. The summed E-state index contributed by atoms with van der Waals surface area (Å²) < 4.78 is 0. The van der Waals surface area contributed by atoms with Crippen LogP contribution in [-0.2, 0) is 0 Å². The van der Waals surface area contributed by atoms with Gasteiger partial charge in [-0.15, -0.1) is 0 Å². The summed E-state index contributed by atoms with van der Waals surface area (Å²) in [6.45, 7) is 7.06. The molecule has 0 aromatic heterocycles. The molecule has 1 fully saturated rings. The van der Waals surface area contributed by atoms with Crippen LogP contribution in [0.2, 0.25) is 5.02 Å². The van der Waals surface area contributed by atoms with Crippen LogP contribution >= 0.6 is 11.6 Å². The number of nitriles is 2. The number of hydrogen-bond acceptors (Lipinski definition) is 4. The lowest BCUT2D eigenvalue weighted by Crippen LogP contribution is -2.54. The van der Waals surface area contributed by atoms with E-state index >= 15 is 0 Å². The van der Waals surface area contributed by atoms with Crippen LogP contribution in [0.25, 0.3) is 0 Å². The molecule has 0 amide bonds. The SMILES string of the molecule is CC(C)(C#N)N1CCN(c2cccc(Cl)c2C#N)CC1. The lowest BCUT2D eigenvalue weighted by molar-refractivity contribution is 0.158. The molecule has 1 aliphatic rings. The summed E-state index contributed by atoms with van der Waals surface area (Å²) in [4.78, 5) is 4.33. The molecule has 0 saturated carbocycles. The van der Waals surface area contributed by atoms with Gasteiger partial charge in [0.25, 0.3) is 0 Å². The Morgan fingerprint density at radius 3 is 2.35 bits per heavy atom. The molecule has 1 aromatic carbocycles. The molecule has 0 bridgehead atoms. The molecule has 0 atom stereocenters. The van der Waals surface area contributed by atoms with Gasteiger partial charge in [0.2, 0.25) is 0 Å². The lowest BCUT2D eigenvalue weighted by Gasteiger charge is -2.41. The van der Waals surface area contributed by atoms with Gasteiger partial charge in [0.05, 0.1) is 22.3 Å². The molecule has 1 aromatic rings. The second-order valence-electron chi connectivity index (χ2n) is 5.39. The highest BCUT2D eigenvalue weighted by molar-refractivity contribution is 6.32. The number of hydrogen-bond donors (Lipinski definition) is 0. The van der Waals surface area contributed by atoms with E-state index in [2.05, 4.69) is 21.9 Å². The fourth-order valence-corrected chi connectivity index (χ4v) is 2.68. The van der Waals surface area contributed by atoms with Crippen molar-refractivity contribution in [1.29, 1.82) is 10.5 Å². The van der Waals surface area contributed by atoms with Crippen molar-refractivity contribution in [2.75, 3.05) is 31.1 Å². The second kappa shape index (κ2) is 5.71. The van der Waals surface area contributed by atoms with E-state index in [0.717, 1.165) is 31.9 Å². The maximum absolute atomic E-state index is 9.23. The normalized spacial score (nSPS) is 16.6. The lowest BCUT2D eigenvalue weighted by atomic mass is 10.0. The molecule has 104 valence electrons. The first-order valence-corrected chi connectivity index (χ1v) is 6.97. The Morgan fingerprint density at radius 2 is 1.80 bits per heavy atom. The first-order chi connectivity index (χ1) is 9.49. The Kier molecular flexibility index (Phi) is 4.18. The highest BCUT2D eigenvalue weighted by Crippen LogP contribution is 2.28. The highest BCUT2D eigenvalue weighted by atomic mass is 35.5. The first kappa shape index (κ1) is 14.7. The summed E-state index contributed by atoms with van der Waals surface area (Å²) in [5.74, 6) is 0. The summed E-state index contributed by atoms with van der Waals surface area (Å²) in [7, 11) is 0. The Morgan fingerprint density at radius 1 is 1.15 bits per heavy atom. The molecule has 1 saturated heterocycles. The van der Waals surface area contributed by atoms with E-state index < -0.39 is 5.54 Å². The topological polar surface area (TPSA) is 54.1 Å². The van der Waals surface area contributed by atoms with Gasteiger partial charge in [0.15, 0.2) is 0 Å². The molecule has 20 heavy (non-hydrogen) atoms. The largest absolute Gasteiger partial charge is 0.368 e. The Bertz CT molecular complexity index is 575. The van der Waals surface area contributed by atoms with Gasteiger partial charge < -0.3 is 4.90 Å². The molecule has 5 heteroatoms. The van der Waals surface area contributed by atoms with Crippen molar-refractivity contribution in [2.24, 2.45) is 0 Å². The highest BCUT2D eigenvalue weighted by Gasteiger charge is 2.30. The van der Waals surface area contributed by atoms with Gasteiger partial charge in [-0.05, 0) is 26.0 Å². The van der Waals surface area contributed by atoms with Gasteiger partial charge in [0.1, 0.15) is 11.6 Å². The number of benzene rings is 1. The molecule has 1 aliphatic heterocycles. The van der Waals surface area contributed by atoms with Crippen LogP contribution in [0.15, 0.2) is 18.2 Å². The third-order valence-electron chi connectivity index (χ3n) is 3.79. The zero-order chi connectivity index (χ0) is 14.8. The molecular formula is C15H17ClN4. The molecule has 1 heterocycles. The quantitative estimate of drug-likeness (QED) is 0.839. The van der Waals surface area contributed by atoms with Crippen LogP contribution in [0.4, 0.5) is 5.69 Å². The monoisotopic (exact) mass is 288 g/mol. The minimum Gasteiger partial charge on any atom is -0.368 e. The van der Waals surface area contributed by atoms with E-state index in [0.29, 0.717) is 10.6 Å². The molecule has 0 unspecified atom stereocenters. The van der Waals surface area contributed by atoms with E-state index in [-0.39, 0.29) is 0 Å². The third-order valence-corrected chi connectivity index (χ3v) is 4.10. The van der Waals surface area contributed by atoms with E-state index in [1.165, 1.54) is 0 Å². The van der Waals surface area contributed by atoms with Crippen LogP contribution in [-0.4, -0.2) is 36.6 Å². The minimum atomic E-state index is -0.446. The van der Waals surface area contributed by atoms with E-state index in [4.69, 9.17) is 11.6 Å². The molecule has 0 N–H and O–H groups in total. The van der Waals surface area contributed by atoms with Crippen molar-refractivity contribution >= 4 is 17.3 Å². The summed E-state index contributed by atoms with van der Waals surface area (Å²) in [5.41, 5.74) is 0.968. The average Bonchev–Trinajstić information content (AvgIpc) is 2.47. The van der Waals surface area contributed by atoms with Crippen molar-refractivity contribution in [2.45, 2.75) is 19.4 Å². The first-order valence-electron chi connectivity index (χ1n) is 6.59.